The van der Waals surface area contributed by atoms with E-state index in [1.807, 2.05) is 30.3 Å². The molecular weight excluding hydrogens is 253 g/mol. The Morgan fingerprint density at radius 3 is 2.25 bits per heavy atom. The van der Waals surface area contributed by atoms with Gasteiger partial charge in [0.25, 0.3) is 5.91 Å². The summed E-state index contributed by atoms with van der Waals surface area (Å²) in [5.74, 6) is -0.235. The predicted octanol–water partition coefficient (Wildman–Crippen LogP) is 3.37. The fourth-order valence-corrected chi connectivity index (χ4v) is 1.94. The molecule has 0 aromatic heterocycles. The molecule has 0 spiro atoms. The summed E-state index contributed by atoms with van der Waals surface area (Å²) < 4.78 is 12.7. The second-order valence-corrected chi connectivity index (χ2v) is 4.85. The molecule has 2 rings (SSSR count). The van der Waals surface area contributed by atoms with Crippen LogP contribution in [0.15, 0.2) is 54.6 Å². The Kier molecular flexibility index (Phi) is 4.88. The molecule has 0 heterocycles. The number of halogens is 1. The maximum atomic E-state index is 12.7. The van der Waals surface area contributed by atoms with Gasteiger partial charge < -0.3 is 5.32 Å². The number of hydrogen-bond acceptors (Lipinski definition) is 1. The molecule has 2 aromatic rings. The molecule has 1 atom stereocenters. The molecule has 1 N–H and O–H groups in total. The Morgan fingerprint density at radius 1 is 1.05 bits per heavy atom. The molecule has 0 radical (unpaired) electrons. The van der Waals surface area contributed by atoms with Crippen LogP contribution in [0.4, 0.5) is 4.39 Å². The van der Waals surface area contributed by atoms with Gasteiger partial charge in [0.15, 0.2) is 0 Å². The molecule has 104 valence electrons. The van der Waals surface area contributed by atoms with Crippen LogP contribution in [-0.2, 0) is 6.42 Å². The highest BCUT2D eigenvalue weighted by atomic mass is 19.1. The zero-order valence-electron chi connectivity index (χ0n) is 11.5. The van der Waals surface area contributed by atoms with E-state index in [2.05, 4.69) is 17.4 Å². The van der Waals surface area contributed by atoms with Crippen molar-refractivity contribution >= 4 is 5.91 Å². The first kappa shape index (κ1) is 14.3. The van der Waals surface area contributed by atoms with Crippen LogP contribution >= 0.6 is 0 Å². The fourth-order valence-electron chi connectivity index (χ4n) is 1.94. The van der Waals surface area contributed by atoms with Gasteiger partial charge in [0.1, 0.15) is 6.17 Å². The van der Waals surface area contributed by atoms with Crippen LogP contribution in [0.2, 0.25) is 0 Å². The van der Waals surface area contributed by atoms with Crippen molar-refractivity contribution in [1.29, 1.82) is 0 Å². The summed E-state index contributed by atoms with van der Waals surface area (Å²) in [6.07, 6.45) is -0.194. The lowest BCUT2D eigenvalue weighted by molar-refractivity contribution is 0.0943. The van der Waals surface area contributed by atoms with Crippen molar-refractivity contribution in [3.05, 3.63) is 71.3 Å². The second-order valence-electron chi connectivity index (χ2n) is 4.85. The lowest BCUT2D eigenvalue weighted by atomic mass is 10.0. The number of carbonyl (C=O) groups excluding carboxylic acids is 1. The van der Waals surface area contributed by atoms with Crippen molar-refractivity contribution in [3.8, 4) is 0 Å². The summed E-state index contributed by atoms with van der Waals surface area (Å²) in [5.41, 5.74) is 2.94. The standard InChI is InChI=1S/C17H18FNO/c1-13(18)12-19-17(20)16-9-7-15(8-10-16)11-14-5-3-2-4-6-14/h2-10,13H,11-12H2,1H3,(H,19,20). The lowest BCUT2D eigenvalue weighted by Crippen LogP contribution is -2.28. The Hall–Kier alpha value is -2.16. The number of nitrogens with one attached hydrogen (secondary N) is 1. The van der Waals surface area contributed by atoms with Crippen molar-refractivity contribution in [3.63, 3.8) is 0 Å². The summed E-state index contributed by atoms with van der Waals surface area (Å²) >= 11 is 0. The first-order valence-electron chi connectivity index (χ1n) is 6.70. The molecule has 0 aliphatic rings. The molecular formula is C17H18FNO. The highest BCUT2D eigenvalue weighted by Gasteiger charge is 2.06. The van der Waals surface area contributed by atoms with E-state index < -0.39 is 6.17 Å². The first-order chi connectivity index (χ1) is 9.65. The van der Waals surface area contributed by atoms with Crippen LogP contribution in [0.25, 0.3) is 0 Å². The van der Waals surface area contributed by atoms with Crippen molar-refractivity contribution in [2.24, 2.45) is 0 Å². The third kappa shape index (κ3) is 4.19. The molecule has 1 unspecified atom stereocenters. The van der Waals surface area contributed by atoms with Gasteiger partial charge in [0, 0.05) is 12.1 Å². The maximum absolute atomic E-state index is 12.7. The zero-order valence-corrected chi connectivity index (χ0v) is 11.5. The number of carbonyl (C=O) groups is 1. The third-order valence-electron chi connectivity index (χ3n) is 3.01. The van der Waals surface area contributed by atoms with E-state index in [-0.39, 0.29) is 12.5 Å². The SMILES string of the molecule is CC(F)CNC(=O)c1ccc(Cc2ccccc2)cc1. The van der Waals surface area contributed by atoms with Crippen LogP contribution in [0.1, 0.15) is 28.4 Å². The predicted molar refractivity (Wildman–Crippen MR) is 78.6 cm³/mol. The van der Waals surface area contributed by atoms with Crippen LogP contribution in [0.5, 0.6) is 0 Å². The minimum atomic E-state index is -1.03. The fraction of sp³-hybridized carbons (Fsp3) is 0.235. The van der Waals surface area contributed by atoms with Gasteiger partial charge in [0.2, 0.25) is 0 Å². The second kappa shape index (κ2) is 6.85. The number of hydrogen-bond donors (Lipinski definition) is 1. The minimum absolute atomic E-state index is 0.0462. The van der Waals surface area contributed by atoms with E-state index >= 15 is 0 Å². The summed E-state index contributed by atoms with van der Waals surface area (Å²) in [4.78, 5) is 11.7. The summed E-state index contributed by atoms with van der Waals surface area (Å²) in [6.45, 7) is 1.47. The summed E-state index contributed by atoms with van der Waals surface area (Å²) in [7, 11) is 0. The molecule has 0 saturated carbocycles. The first-order valence-corrected chi connectivity index (χ1v) is 6.70. The summed E-state index contributed by atoms with van der Waals surface area (Å²) in [5, 5.41) is 2.55. The van der Waals surface area contributed by atoms with E-state index in [0.29, 0.717) is 5.56 Å². The van der Waals surface area contributed by atoms with Crippen LogP contribution in [0.3, 0.4) is 0 Å². The molecule has 0 saturated heterocycles. The molecule has 20 heavy (non-hydrogen) atoms. The average Bonchev–Trinajstić information content (AvgIpc) is 2.46. The number of benzene rings is 2. The van der Waals surface area contributed by atoms with Gasteiger partial charge in [-0.1, -0.05) is 42.5 Å². The largest absolute Gasteiger partial charge is 0.349 e. The Balaban J connectivity index is 1.97. The monoisotopic (exact) mass is 271 g/mol. The number of rotatable bonds is 5. The molecule has 1 amide bonds. The van der Waals surface area contributed by atoms with Crippen molar-refractivity contribution in [2.45, 2.75) is 19.5 Å². The Labute approximate surface area is 118 Å². The minimum Gasteiger partial charge on any atom is -0.349 e. The van der Waals surface area contributed by atoms with Crippen molar-refractivity contribution < 1.29 is 9.18 Å². The van der Waals surface area contributed by atoms with Gasteiger partial charge in [-0.2, -0.15) is 0 Å². The van der Waals surface area contributed by atoms with Gasteiger partial charge in [-0.3, -0.25) is 4.79 Å². The molecule has 3 heteroatoms. The zero-order chi connectivity index (χ0) is 14.4. The maximum Gasteiger partial charge on any atom is 0.251 e. The number of amides is 1. The van der Waals surface area contributed by atoms with E-state index in [1.54, 1.807) is 12.1 Å². The normalized spacial score (nSPS) is 11.9. The average molecular weight is 271 g/mol. The van der Waals surface area contributed by atoms with Gasteiger partial charge >= 0.3 is 0 Å². The highest BCUT2D eigenvalue weighted by Crippen LogP contribution is 2.10. The van der Waals surface area contributed by atoms with Gasteiger partial charge in [-0.05, 0) is 36.6 Å². The quantitative estimate of drug-likeness (QED) is 0.887. The van der Waals surface area contributed by atoms with Gasteiger partial charge in [0.05, 0.1) is 0 Å². The van der Waals surface area contributed by atoms with Crippen LogP contribution in [0, 0.1) is 0 Å². The lowest BCUT2D eigenvalue weighted by Gasteiger charge is -2.07. The smallest absolute Gasteiger partial charge is 0.251 e. The van der Waals surface area contributed by atoms with E-state index in [9.17, 15) is 9.18 Å². The number of alkyl halides is 1. The molecule has 0 fully saturated rings. The van der Waals surface area contributed by atoms with Crippen LogP contribution < -0.4 is 5.32 Å². The van der Waals surface area contributed by atoms with Gasteiger partial charge in [-0.25, -0.2) is 4.39 Å². The van der Waals surface area contributed by atoms with E-state index in [0.717, 1.165) is 12.0 Å². The van der Waals surface area contributed by atoms with Crippen molar-refractivity contribution in [1.82, 2.24) is 5.32 Å². The van der Waals surface area contributed by atoms with Crippen molar-refractivity contribution in [2.75, 3.05) is 6.54 Å². The van der Waals surface area contributed by atoms with Crippen LogP contribution in [-0.4, -0.2) is 18.6 Å². The molecule has 0 aliphatic heterocycles. The topological polar surface area (TPSA) is 29.1 Å². The molecule has 0 aliphatic carbocycles. The molecule has 2 aromatic carbocycles. The van der Waals surface area contributed by atoms with Gasteiger partial charge in [-0.15, -0.1) is 0 Å². The van der Waals surface area contributed by atoms with E-state index in [1.165, 1.54) is 12.5 Å². The summed E-state index contributed by atoms with van der Waals surface area (Å²) in [6, 6.07) is 17.6. The molecule has 2 nitrogen and oxygen atoms in total. The Morgan fingerprint density at radius 2 is 1.65 bits per heavy atom. The Bertz CT molecular complexity index is 549. The van der Waals surface area contributed by atoms with E-state index in [4.69, 9.17) is 0 Å². The highest BCUT2D eigenvalue weighted by molar-refractivity contribution is 5.94. The molecule has 0 bridgehead atoms. The third-order valence-corrected chi connectivity index (χ3v) is 3.01.